The van der Waals surface area contributed by atoms with Crippen molar-refractivity contribution < 1.29 is 9.53 Å². The molecule has 1 aromatic rings. The van der Waals surface area contributed by atoms with Crippen molar-refractivity contribution >= 4 is 17.7 Å². The Morgan fingerprint density at radius 1 is 1.37 bits per heavy atom. The van der Waals surface area contributed by atoms with Gasteiger partial charge in [-0.25, -0.2) is 4.79 Å². The fourth-order valence-electron chi connectivity index (χ4n) is 2.24. The number of rotatable bonds is 2. The third-order valence-corrected chi connectivity index (χ3v) is 3.41. The van der Waals surface area contributed by atoms with Crippen molar-refractivity contribution in [2.45, 2.75) is 51.2 Å². The summed E-state index contributed by atoms with van der Waals surface area (Å²) < 4.78 is 5.23. The van der Waals surface area contributed by atoms with Crippen LogP contribution in [0.1, 0.15) is 45.1 Å². The van der Waals surface area contributed by atoms with Gasteiger partial charge in [-0.2, -0.15) is 0 Å². The van der Waals surface area contributed by atoms with E-state index in [4.69, 9.17) is 16.3 Å². The Morgan fingerprint density at radius 2 is 2.05 bits per heavy atom. The van der Waals surface area contributed by atoms with Crippen LogP contribution in [-0.4, -0.2) is 17.7 Å². The molecule has 1 saturated carbocycles. The number of hydrogen-bond donors (Lipinski definition) is 1. The van der Waals surface area contributed by atoms with Crippen molar-refractivity contribution in [3.63, 3.8) is 0 Å². The van der Waals surface area contributed by atoms with Crippen LogP contribution in [0.25, 0.3) is 0 Å². The van der Waals surface area contributed by atoms with E-state index in [0.29, 0.717) is 5.92 Å². The average molecular weight is 282 g/mol. The SMILES string of the molecule is CC(C)(C)OC(=O)NC1CC(c2cccc(Cl)c2)C1. The molecule has 0 heterocycles. The summed E-state index contributed by atoms with van der Waals surface area (Å²) in [4.78, 5) is 11.6. The highest BCUT2D eigenvalue weighted by Crippen LogP contribution is 2.37. The van der Waals surface area contributed by atoms with Gasteiger partial charge in [0.2, 0.25) is 0 Å². The zero-order valence-corrected chi connectivity index (χ0v) is 12.3. The van der Waals surface area contributed by atoms with E-state index in [1.807, 2.05) is 39.0 Å². The standard InChI is InChI=1S/C15H20ClNO2/c1-15(2,3)19-14(18)17-13-8-11(9-13)10-5-4-6-12(16)7-10/h4-7,11,13H,8-9H2,1-3H3,(H,17,18). The van der Waals surface area contributed by atoms with Crippen molar-refractivity contribution in [1.82, 2.24) is 5.32 Å². The molecule has 1 aliphatic carbocycles. The smallest absolute Gasteiger partial charge is 0.407 e. The maximum atomic E-state index is 11.6. The van der Waals surface area contributed by atoms with Gasteiger partial charge in [0, 0.05) is 11.1 Å². The largest absolute Gasteiger partial charge is 0.444 e. The van der Waals surface area contributed by atoms with Gasteiger partial charge in [0.15, 0.2) is 0 Å². The second kappa shape index (κ2) is 5.41. The van der Waals surface area contributed by atoms with E-state index in [1.54, 1.807) is 0 Å². The lowest BCUT2D eigenvalue weighted by molar-refractivity contribution is 0.0471. The number of alkyl carbamates (subject to hydrolysis) is 1. The van der Waals surface area contributed by atoms with Crippen LogP contribution in [0.5, 0.6) is 0 Å². The zero-order chi connectivity index (χ0) is 14.0. The first-order valence-corrected chi connectivity index (χ1v) is 6.96. The lowest BCUT2D eigenvalue weighted by Gasteiger charge is -2.36. The highest BCUT2D eigenvalue weighted by atomic mass is 35.5. The molecule has 4 heteroatoms. The minimum absolute atomic E-state index is 0.207. The number of hydrogen-bond acceptors (Lipinski definition) is 2. The Labute approximate surface area is 119 Å². The molecule has 1 aliphatic rings. The van der Waals surface area contributed by atoms with Crippen LogP contribution in [0.15, 0.2) is 24.3 Å². The molecule has 0 atom stereocenters. The molecule has 1 amide bonds. The van der Waals surface area contributed by atoms with Crippen LogP contribution >= 0.6 is 11.6 Å². The highest BCUT2D eigenvalue weighted by molar-refractivity contribution is 6.30. The summed E-state index contributed by atoms with van der Waals surface area (Å²) in [6.45, 7) is 5.59. The fourth-order valence-corrected chi connectivity index (χ4v) is 2.44. The lowest BCUT2D eigenvalue weighted by Crippen LogP contribution is -2.45. The summed E-state index contributed by atoms with van der Waals surface area (Å²) in [5.41, 5.74) is 0.801. The fraction of sp³-hybridized carbons (Fsp3) is 0.533. The summed E-state index contributed by atoms with van der Waals surface area (Å²) in [5.74, 6) is 0.485. The van der Waals surface area contributed by atoms with Gasteiger partial charge in [0.1, 0.15) is 5.60 Å². The van der Waals surface area contributed by atoms with Gasteiger partial charge in [-0.3, -0.25) is 0 Å². The molecule has 0 spiro atoms. The Hall–Kier alpha value is -1.22. The molecule has 19 heavy (non-hydrogen) atoms. The summed E-state index contributed by atoms with van der Waals surface area (Å²) in [6.07, 6.45) is 1.56. The van der Waals surface area contributed by atoms with Crippen molar-refractivity contribution in [3.05, 3.63) is 34.9 Å². The summed E-state index contributed by atoms with van der Waals surface area (Å²) in [6, 6.07) is 8.13. The average Bonchev–Trinajstić information content (AvgIpc) is 2.20. The molecule has 1 aromatic carbocycles. The molecule has 0 bridgehead atoms. The molecule has 0 aliphatic heterocycles. The molecule has 2 rings (SSSR count). The van der Waals surface area contributed by atoms with Crippen LogP contribution in [0.2, 0.25) is 5.02 Å². The number of carbonyl (C=O) groups is 1. The van der Waals surface area contributed by atoms with Gasteiger partial charge in [0.05, 0.1) is 0 Å². The molecule has 3 nitrogen and oxygen atoms in total. The molecule has 0 saturated heterocycles. The zero-order valence-electron chi connectivity index (χ0n) is 11.6. The Balaban J connectivity index is 1.79. The van der Waals surface area contributed by atoms with Crippen molar-refractivity contribution in [2.75, 3.05) is 0 Å². The Kier molecular flexibility index (Phi) is 4.04. The van der Waals surface area contributed by atoms with E-state index in [-0.39, 0.29) is 12.1 Å². The number of halogens is 1. The number of carbonyl (C=O) groups excluding carboxylic acids is 1. The van der Waals surface area contributed by atoms with E-state index in [9.17, 15) is 4.79 Å². The molecule has 1 fully saturated rings. The summed E-state index contributed by atoms with van der Waals surface area (Å²) >= 11 is 5.97. The number of nitrogens with one attached hydrogen (secondary N) is 1. The third kappa shape index (κ3) is 4.13. The molecular formula is C15H20ClNO2. The van der Waals surface area contributed by atoms with E-state index >= 15 is 0 Å². The second-order valence-electron chi connectivity index (χ2n) is 6.07. The minimum Gasteiger partial charge on any atom is -0.444 e. The maximum absolute atomic E-state index is 11.6. The van der Waals surface area contributed by atoms with Crippen LogP contribution in [-0.2, 0) is 4.74 Å². The van der Waals surface area contributed by atoms with E-state index in [1.165, 1.54) is 5.56 Å². The monoisotopic (exact) mass is 281 g/mol. The van der Waals surface area contributed by atoms with Gasteiger partial charge >= 0.3 is 6.09 Å². The normalized spacial score (nSPS) is 22.5. The van der Waals surface area contributed by atoms with Crippen LogP contribution in [0.3, 0.4) is 0 Å². The molecule has 0 unspecified atom stereocenters. The van der Waals surface area contributed by atoms with Gasteiger partial charge in [-0.05, 0) is 57.2 Å². The van der Waals surface area contributed by atoms with E-state index in [2.05, 4.69) is 11.4 Å². The van der Waals surface area contributed by atoms with Crippen LogP contribution in [0.4, 0.5) is 4.79 Å². The molecule has 1 N–H and O–H groups in total. The van der Waals surface area contributed by atoms with Gasteiger partial charge in [0.25, 0.3) is 0 Å². The molecule has 0 aromatic heterocycles. The Morgan fingerprint density at radius 3 is 2.63 bits per heavy atom. The van der Waals surface area contributed by atoms with Gasteiger partial charge in [-0.15, -0.1) is 0 Å². The molecule has 0 radical (unpaired) electrons. The Bertz CT molecular complexity index is 461. The van der Waals surface area contributed by atoms with Crippen molar-refractivity contribution in [2.24, 2.45) is 0 Å². The first-order valence-electron chi connectivity index (χ1n) is 6.58. The van der Waals surface area contributed by atoms with Crippen molar-refractivity contribution in [1.29, 1.82) is 0 Å². The quantitative estimate of drug-likeness (QED) is 0.886. The van der Waals surface area contributed by atoms with E-state index in [0.717, 1.165) is 17.9 Å². The topological polar surface area (TPSA) is 38.3 Å². The number of ether oxygens (including phenoxy) is 1. The summed E-state index contributed by atoms with van der Waals surface area (Å²) in [5, 5.41) is 3.66. The molecule has 104 valence electrons. The van der Waals surface area contributed by atoms with Crippen LogP contribution in [0, 0.1) is 0 Å². The third-order valence-electron chi connectivity index (χ3n) is 3.18. The number of amides is 1. The maximum Gasteiger partial charge on any atom is 0.407 e. The predicted octanol–water partition coefficient (Wildman–Crippen LogP) is 4.11. The van der Waals surface area contributed by atoms with Gasteiger partial charge < -0.3 is 10.1 Å². The second-order valence-corrected chi connectivity index (χ2v) is 6.50. The molecular weight excluding hydrogens is 262 g/mol. The lowest BCUT2D eigenvalue weighted by atomic mass is 9.76. The predicted molar refractivity (Wildman–Crippen MR) is 76.6 cm³/mol. The van der Waals surface area contributed by atoms with Crippen LogP contribution < -0.4 is 5.32 Å². The van der Waals surface area contributed by atoms with Crippen molar-refractivity contribution in [3.8, 4) is 0 Å². The first kappa shape index (κ1) is 14.2. The van der Waals surface area contributed by atoms with Gasteiger partial charge in [-0.1, -0.05) is 23.7 Å². The summed E-state index contributed by atoms with van der Waals surface area (Å²) in [7, 11) is 0. The number of benzene rings is 1. The first-order chi connectivity index (χ1) is 8.83. The van der Waals surface area contributed by atoms with E-state index < -0.39 is 5.60 Å². The minimum atomic E-state index is -0.444. The highest BCUT2D eigenvalue weighted by Gasteiger charge is 2.32.